The summed E-state index contributed by atoms with van der Waals surface area (Å²) < 4.78 is 12.8. The highest BCUT2D eigenvalue weighted by atomic mass is 19.1. The van der Waals surface area contributed by atoms with Crippen LogP contribution in [-0.4, -0.2) is 37.0 Å². The molecule has 114 valence electrons. The molecule has 1 saturated heterocycles. The third kappa shape index (κ3) is 4.97. The molecule has 21 heavy (non-hydrogen) atoms. The van der Waals surface area contributed by atoms with E-state index < -0.39 is 0 Å². The van der Waals surface area contributed by atoms with Crippen LogP contribution in [0.4, 0.5) is 4.39 Å². The third-order valence-electron chi connectivity index (χ3n) is 3.86. The monoisotopic (exact) mass is 290 g/mol. The molecule has 1 fully saturated rings. The second kappa shape index (κ2) is 7.93. The Bertz CT molecular complexity index is 478. The van der Waals surface area contributed by atoms with E-state index in [2.05, 4.69) is 5.32 Å². The molecule has 1 N–H and O–H groups in total. The van der Waals surface area contributed by atoms with Gasteiger partial charge in [-0.15, -0.1) is 0 Å². The fourth-order valence-electron chi connectivity index (χ4n) is 2.61. The van der Waals surface area contributed by atoms with Crippen LogP contribution in [0.25, 0.3) is 6.08 Å². The van der Waals surface area contributed by atoms with Crippen molar-refractivity contribution in [2.45, 2.75) is 19.8 Å². The van der Waals surface area contributed by atoms with Crippen molar-refractivity contribution in [3.63, 3.8) is 0 Å². The zero-order valence-electron chi connectivity index (χ0n) is 12.5. The minimum absolute atomic E-state index is 0.0207. The molecule has 1 unspecified atom stereocenters. The predicted molar refractivity (Wildman–Crippen MR) is 83.3 cm³/mol. The van der Waals surface area contributed by atoms with Gasteiger partial charge in [0.05, 0.1) is 0 Å². The van der Waals surface area contributed by atoms with Crippen LogP contribution in [0.2, 0.25) is 0 Å². The van der Waals surface area contributed by atoms with Gasteiger partial charge < -0.3 is 10.2 Å². The number of nitrogens with zero attached hydrogens (tertiary/aromatic N) is 1. The van der Waals surface area contributed by atoms with Crippen molar-refractivity contribution in [1.82, 2.24) is 10.2 Å². The van der Waals surface area contributed by atoms with Gasteiger partial charge in [-0.2, -0.15) is 0 Å². The summed E-state index contributed by atoms with van der Waals surface area (Å²) in [5.74, 6) is 0.299. The zero-order valence-corrected chi connectivity index (χ0v) is 12.5. The van der Waals surface area contributed by atoms with Gasteiger partial charge in [-0.25, -0.2) is 4.39 Å². The molecule has 1 aromatic rings. The van der Waals surface area contributed by atoms with E-state index >= 15 is 0 Å². The number of benzene rings is 1. The summed E-state index contributed by atoms with van der Waals surface area (Å²) >= 11 is 0. The maximum atomic E-state index is 12.8. The highest BCUT2D eigenvalue weighted by molar-refractivity contribution is 5.91. The van der Waals surface area contributed by atoms with Crippen LogP contribution in [0.15, 0.2) is 30.3 Å². The molecule has 0 bridgehead atoms. The Morgan fingerprint density at radius 2 is 2.19 bits per heavy atom. The molecule has 0 radical (unpaired) electrons. The highest BCUT2D eigenvalue weighted by Crippen LogP contribution is 2.12. The third-order valence-corrected chi connectivity index (χ3v) is 3.86. The summed E-state index contributed by atoms with van der Waals surface area (Å²) in [6.07, 6.45) is 5.68. The topological polar surface area (TPSA) is 32.3 Å². The van der Waals surface area contributed by atoms with Gasteiger partial charge in [0.2, 0.25) is 5.91 Å². The number of hydrogen-bond donors (Lipinski definition) is 1. The van der Waals surface area contributed by atoms with E-state index in [0.29, 0.717) is 12.5 Å². The first-order valence-electron chi connectivity index (χ1n) is 7.62. The Morgan fingerprint density at radius 1 is 1.43 bits per heavy atom. The number of nitrogens with one attached hydrogen (secondary N) is 1. The summed E-state index contributed by atoms with van der Waals surface area (Å²) in [5, 5.41) is 3.37. The number of carbonyl (C=O) groups excluding carboxylic acids is 1. The number of halogens is 1. The Morgan fingerprint density at radius 3 is 2.81 bits per heavy atom. The van der Waals surface area contributed by atoms with Crippen LogP contribution in [-0.2, 0) is 4.79 Å². The summed E-state index contributed by atoms with van der Waals surface area (Å²) in [5.41, 5.74) is 0.833. The van der Waals surface area contributed by atoms with Gasteiger partial charge in [0.25, 0.3) is 0 Å². The first-order chi connectivity index (χ1) is 10.2. The second-order valence-corrected chi connectivity index (χ2v) is 5.47. The molecule has 1 heterocycles. The fraction of sp³-hybridized carbons (Fsp3) is 0.471. The quantitative estimate of drug-likeness (QED) is 0.846. The van der Waals surface area contributed by atoms with Crippen molar-refractivity contribution in [2.24, 2.45) is 5.92 Å². The molecule has 4 heteroatoms. The molecule has 1 atom stereocenters. The molecule has 1 aliphatic heterocycles. The second-order valence-electron chi connectivity index (χ2n) is 5.47. The number of amides is 1. The van der Waals surface area contributed by atoms with Crippen molar-refractivity contribution in [3.05, 3.63) is 41.7 Å². The lowest BCUT2D eigenvalue weighted by atomic mass is 9.99. The number of rotatable bonds is 5. The van der Waals surface area contributed by atoms with Crippen LogP contribution in [0, 0.1) is 11.7 Å². The van der Waals surface area contributed by atoms with E-state index in [1.807, 2.05) is 11.8 Å². The minimum Gasteiger partial charge on any atom is -0.339 e. The van der Waals surface area contributed by atoms with Gasteiger partial charge in [-0.1, -0.05) is 12.1 Å². The summed E-state index contributed by atoms with van der Waals surface area (Å²) in [4.78, 5) is 14.1. The van der Waals surface area contributed by atoms with Crippen molar-refractivity contribution in [2.75, 3.05) is 26.2 Å². The van der Waals surface area contributed by atoms with E-state index in [9.17, 15) is 9.18 Å². The molecule has 0 spiro atoms. The normalized spacial score (nSPS) is 18.9. The van der Waals surface area contributed by atoms with Crippen LogP contribution in [0.3, 0.4) is 0 Å². The zero-order chi connectivity index (χ0) is 15.1. The van der Waals surface area contributed by atoms with E-state index in [0.717, 1.165) is 25.2 Å². The predicted octanol–water partition coefficient (Wildman–Crippen LogP) is 2.69. The SMILES string of the molecule is CCN(CC1CCCNC1)C(=O)/C=C/c1ccc(F)cc1. The Labute approximate surface area is 125 Å². The van der Waals surface area contributed by atoms with Gasteiger partial charge >= 0.3 is 0 Å². The first-order valence-corrected chi connectivity index (χ1v) is 7.62. The number of likely N-dealkylation sites (N-methyl/N-ethyl adjacent to an activating group) is 1. The molecular weight excluding hydrogens is 267 g/mol. The van der Waals surface area contributed by atoms with Gasteiger partial charge in [-0.05, 0) is 62.5 Å². The average Bonchev–Trinajstić information content (AvgIpc) is 2.52. The van der Waals surface area contributed by atoms with Crippen LogP contribution in [0.1, 0.15) is 25.3 Å². The summed E-state index contributed by atoms with van der Waals surface area (Å²) in [7, 11) is 0. The van der Waals surface area contributed by atoms with Crippen LogP contribution in [0.5, 0.6) is 0 Å². The maximum absolute atomic E-state index is 12.8. The largest absolute Gasteiger partial charge is 0.339 e. The number of carbonyl (C=O) groups is 1. The fourth-order valence-corrected chi connectivity index (χ4v) is 2.61. The highest BCUT2D eigenvalue weighted by Gasteiger charge is 2.18. The van der Waals surface area contributed by atoms with Gasteiger partial charge in [0.15, 0.2) is 0 Å². The summed E-state index contributed by atoms with van der Waals surface area (Å²) in [6, 6.07) is 6.13. The molecule has 0 aliphatic carbocycles. The Balaban J connectivity index is 1.91. The Kier molecular flexibility index (Phi) is 5.93. The van der Waals surface area contributed by atoms with E-state index in [1.54, 1.807) is 24.3 Å². The van der Waals surface area contributed by atoms with Crippen LogP contribution < -0.4 is 5.32 Å². The van der Waals surface area contributed by atoms with Gasteiger partial charge in [-0.3, -0.25) is 4.79 Å². The van der Waals surface area contributed by atoms with Crippen LogP contribution >= 0.6 is 0 Å². The van der Waals surface area contributed by atoms with Crippen molar-refractivity contribution in [3.8, 4) is 0 Å². The standard InChI is InChI=1S/C17H23FN2O/c1-2-20(13-15-4-3-11-19-12-15)17(21)10-7-14-5-8-16(18)9-6-14/h5-10,15,19H,2-4,11-13H2,1H3/b10-7+. The first kappa shape index (κ1) is 15.7. The van der Waals surface area contributed by atoms with Gasteiger partial charge in [0.1, 0.15) is 5.82 Å². The molecule has 3 nitrogen and oxygen atoms in total. The molecule has 1 aromatic carbocycles. The lowest BCUT2D eigenvalue weighted by molar-refractivity contribution is -0.126. The molecule has 0 aromatic heterocycles. The minimum atomic E-state index is -0.265. The van der Waals surface area contributed by atoms with Crippen molar-refractivity contribution in [1.29, 1.82) is 0 Å². The molecule has 1 amide bonds. The van der Waals surface area contributed by atoms with E-state index in [4.69, 9.17) is 0 Å². The smallest absolute Gasteiger partial charge is 0.246 e. The van der Waals surface area contributed by atoms with Crippen molar-refractivity contribution < 1.29 is 9.18 Å². The van der Waals surface area contributed by atoms with E-state index in [1.165, 1.54) is 25.0 Å². The lowest BCUT2D eigenvalue weighted by Gasteiger charge is -2.28. The maximum Gasteiger partial charge on any atom is 0.246 e. The number of piperidine rings is 1. The van der Waals surface area contributed by atoms with Crippen molar-refractivity contribution >= 4 is 12.0 Å². The Hall–Kier alpha value is -1.68. The lowest BCUT2D eigenvalue weighted by Crippen LogP contribution is -2.40. The van der Waals surface area contributed by atoms with E-state index in [-0.39, 0.29) is 11.7 Å². The number of hydrogen-bond acceptors (Lipinski definition) is 2. The molecule has 2 rings (SSSR count). The molecule has 0 saturated carbocycles. The average molecular weight is 290 g/mol. The van der Waals surface area contributed by atoms with Gasteiger partial charge in [0, 0.05) is 19.2 Å². The summed E-state index contributed by atoms with van der Waals surface area (Å²) in [6.45, 7) is 5.59. The molecular formula is C17H23FN2O. The molecule has 1 aliphatic rings.